The number of hydrogen-bond acceptors (Lipinski definition) is 2. The molecule has 0 N–H and O–H groups in total. The van der Waals surface area contributed by atoms with Crippen LogP contribution in [0.25, 0.3) is 0 Å². The summed E-state index contributed by atoms with van der Waals surface area (Å²) in [6.45, 7) is 10.7. The Morgan fingerprint density at radius 1 is 1.33 bits per heavy atom. The molecule has 1 aliphatic heterocycles. The van der Waals surface area contributed by atoms with Crippen molar-refractivity contribution in [2.45, 2.75) is 26.8 Å². The maximum atomic E-state index is 3.60. The van der Waals surface area contributed by atoms with Crippen molar-refractivity contribution in [1.82, 2.24) is 9.80 Å². The van der Waals surface area contributed by atoms with Crippen molar-refractivity contribution in [1.29, 1.82) is 0 Å². The van der Waals surface area contributed by atoms with Crippen LogP contribution < -0.4 is 0 Å². The molecule has 0 radical (unpaired) electrons. The number of halogens is 1. The van der Waals surface area contributed by atoms with Gasteiger partial charge in [-0.15, -0.1) is 0 Å². The van der Waals surface area contributed by atoms with E-state index in [2.05, 4.69) is 60.6 Å². The summed E-state index contributed by atoms with van der Waals surface area (Å²) in [5, 5.41) is 1.08. The zero-order chi connectivity index (χ0) is 11.6. The molecule has 0 aromatic carbocycles. The van der Waals surface area contributed by atoms with Crippen LogP contribution in [0.15, 0.2) is 0 Å². The van der Waals surface area contributed by atoms with Gasteiger partial charge in [0.25, 0.3) is 0 Å². The molecule has 1 saturated heterocycles. The van der Waals surface area contributed by atoms with Gasteiger partial charge in [0, 0.05) is 31.0 Å². The van der Waals surface area contributed by atoms with Gasteiger partial charge in [0.2, 0.25) is 0 Å². The van der Waals surface area contributed by atoms with Crippen LogP contribution in [-0.4, -0.2) is 54.9 Å². The minimum atomic E-state index is 0.390. The molecule has 1 rings (SSSR count). The van der Waals surface area contributed by atoms with Gasteiger partial charge in [-0.1, -0.05) is 36.7 Å². The van der Waals surface area contributed by atoms with Crippen molar-refractivity contribution < 1.29 is 0 Å². The van der Waals surface area contributed by atoms with Crippen LogP contribution in [0, 0.1) is 11.3 Å². The Balaban J connectivity index is 2.48. The molecule has 0 aromatic heterocycles. The Morgan fingerprint density at radius 2 is 1.93 bits per heavy atom. The molecule has 15 heavy (non-hydrogen) atoms. The van der Waals surface area contributed by atoms with Crippen molar-refractivity contribution in [2.24, 2.45) is 11.3 Å². The number of likely N-dealkylation sites (tertiary alicyclic amines) is 1. The Bertz CT molecular complexity index is 204. The van der Waals surface area contributed by atoms with Crippen molar-refractivity contribution in [3.05, 3.63) is 0 Å². The lowest BCUT2D eigenvalue weighted by molar-refractivity contribution is 0.211. The second-order valence-electron chi connectivity index (χ2n) is 6.00. The number of hydrogen-bond donors (Lipinski definition) is 0. The molecular formula is C12H25BrN2. The average Bonchev–Trinajstić information content (AvgIpc) is 2.46. The summed E-state index contributed by atoms with van der Waals surface area (Å²) in [6.07, 6.45) is 0. The van der Waals surface area contributed by atoms with E-state index in [1.165, 1.54) is 19.6 Å². The lowest BCUT2D eigenvalue weighted by atomic mass is 9.96. The van der Waals surface area contributed by atoms with Crippen molar-refractivity contribution in [2.75, 3.05) is 39.1 Å². The first-order valence-electron chi connectivity index (χ1n) is 5.80. The average molecular weight is 277 g/mol. The lowest BCUT2D eigenvalue weighted by Gasteiger charge is -2.28. The number of likely N-dealkylation sites (N-methyl/N-ethyl adjacent to an activating group) is 1. The topological polar surface area (TPSA) is 6.48 Å². The van der Waals surface area contributed by atoms with E-state index < -0.39 is 0 Å². The van der Waals surface area contributed by atoms with Crippen molar-refractivity contribution in [3.8, 4) is 0 Å². The van der Waals surface area contributed by atoms with Crippen LogP contribution in [0.3, 0.4) is 0 Å². The summed E-state index contributed by atoms with van der Waals surface area (Å²) in [6, 6.07) is 0.733. The van der Waals surface area contributed by atoms with Gasteiger partial charge in [-0.3, -0.25) is 0 Å². The quantitative estimate of drug-likeness (QED) is 0.727. The molecule has 1 fully saturated rings. The van der Waals surface area contributed by atoms with Gasteiger partial charge in [-0.2, -0.15) is 0 Å². The zero-order valence-corrected chi connectivity index (χ0v) is 12.3. The molecule has 90 valence electrons. The van der Waals surface area contributed by atoms with Crippen LogP contribution >= 0.6 is 15.9 Å². The zero-order valence-electron chi connectivity index (χ0n) is 10.8. The van der Waals surface area contributed by atoms with Gasteiger partial charge < -0.3 is 9.80 Å². The SMILES string of the molecule is CC1CN(CC(C)(C)CBr)CC1N(C)C. The fraction of sp³-hybridized carbons (Fsp3) is 1.00. The minimum Gasteiger partial charge on any atom is -0.305 e. The molecular weight excluding hydrogens is 252 g/mol. The Hall–Kier alpha value is 0.400. The third-order valence-electron chi connectivity index (χ3n) is 3.32. The Labute approximate surface area is 103 Å². The van der Waals surface area contributed by atoms with Crippen LogP contribution in [-0.2, 0) is 0 Å². The summed E-state index contributed by atoms with van der Waals surface area (Å²) in [4.78, 5) is 4.97. The summed E-state index contributed by atoms with van der Waals surface area (Å²) in [5.41, 5.74) is 0.390. The maximum absolute atomic E-state index is 3.60. The molecule has 2 nitrogen and oxygen atoms in total. The van der Waals surface area contributed by atoms with E-state index in [-0.39, 0.29) is 0 Å². The van der Waals surface area contributed by atoms with Gasteiger partial charge in [0.15, 0.2) is 0 Å². The first kappa shape index (κ1) is 13.5. The molecule has 3 heteroatoms. The molecule has 0 bridgehead atoms. The second kappa shape index (κ2) is 5.15. The monoisotopic (exact) mass is 276 g/mol. The number of rotatable bonds is 4. The minimum absolute atomic E-state index is 0.390. The van der Waals surface area contributed by atoms with E-state index >= 15 is 0 Å². The van der Waals surface area contributed by atoms with Crippen molar-refractivity contribution in [3.63, 3.8) is 0 Å². The first-order chi connectivity index (χ1) is 6.85. The molecule has 2 atom stereocenters. The van der Waals surface area contributed by atoms with Crippen LogP contribution in [0.2, 0.25) is 0 Å². The Kier molecular flexibility index (Phi) is 4.63. The molecule has 1 heterocycles. The van der Waals surface area contributed by atoms with Gasteiger partial charge in [0.05, 0.1) is 0 Å². The molecule has 0 aliphatic carbocycles. The molecule has 0 saturated carbocycles. The standard InChI is InChI=1S/C12H25BrN2/c1-10-6-15(7-11(10)14(4)5)9-12(2,3)8-13/h10-11H,6-9H2,1-5H3. The van der Waals surface area contributed by atoms with Gasteiger partial charge in [0.1, 0.15) is 0 Å². The first-order valence-corrected chi connectivity index (χ1v) is 6.92. The van der Waals surface area contributed by atoms with Gasteiger partial charge >= 0.3 is 0 Å². The summed E-state index contributed by atoms with van der Waals surface area (Å²) < 4.78 is 0. The highest BCUT2D eigenvalue weighted by Crippen LogP contribution is 2.26. The predicted octanol–water partition coefficient (Wildman–Crippen LogP) is 2.29. The largest absolute Gasteiger partial charge is 0.305 e. The third kappa shape index (κ3) is 3.72. The fourth-order valence-corrected chi connectivity index (χ4v) is 2.67. The van der Waals surface area contributed by atoms with E-state index in [0.717, 1.165) is 17.3 Å². The van der Waals surface area contributed by atoms with Crippen LogP contribution in [0.1, 0.15) is 20.8 Å². The van der Waals surface area contributed by atoms with Gasteiger partial charge in [-0.25, -0.2) is 0 Å². The smallest absolute Gasteiger partial charge is 0.0254 e. The summed E-state index contributed by atoms with van der Waals surface area (Å²) in [7, 11) is 4.39. The predicted molar refractivity (Wildman–Crippen MR) is 70.7 cm³/mol. The molecule has 0 aromatic rings. The second-order valence-corrected chi connectivity index (χ2v) is 6.56. The molecule has 1 aliphatic rings. The summed E-state index contributed by atoms with van der Waals surface area (Å²) >= 11 is 3.60. The Morgan fingerprint density at radius 3 is 2.33 bits per heavy atom. The van der Waals surface area contributed by atoms with E-state index in [9.17, 15) is 0 Å². The van der Waals surface area contributed by atoms with E-state index in [1.54, 1.807) is 0 Å². The highest BCUT2D eigenvalue weighted by molar-refractivity contribution is 9.09. The van der Waals surface area contributed by atoms with Crippen LogP contribution in [0.4, 0.5) is 0 Å². The summed E-state index contributed by atoms with van der Waals surface area (Å²) in [5.74, 6) is 0.797. The fourth-order valence-electron chi connectivity index (χ4n) is 2.50. The normalized spacial score (nSPS) is 29.0. The number of nitrogens with zero attached hydrogens (tertiary/aromatic N) is 2. The highest BCUT2D eigenvalue weighted by atomic mass is 79.9. The molecule has 0 amide bonds. The third-order valence-corrected chi connectivity index (χ3v) is 4.84. The van der Waals surface area contributed by atoms with Crippen molar-refractivity contribution >= 4 is 15.9 Å². The highest BCUT2D eigenvalue weighted by Gasteiger charge is 2.33. The molecule has 2 unspecified atom stereocenters. The maximum Gasteiger partial charge on any atom is 0.0254 e. The van der Waals surface area contributed by atoms with Gasteiger partial charge in [-0.05, 0) is 25.4 Å². The van der Waals surface area contributed by atoms with E-state index in [1.807, 2.05) is 0 Å². The van der Waals surface area contributed by atoms with E-state index in [4.69, 9.17) is 0 Å². The lowest BCUT2D eigenvalue weighted by Crippen LogP contribution is -2.37. The number of alkyl halides is 1. The van der Waals surface area contributed by atoms with E-state index in [0.29, 0.717) is 5.41 Å². The molecule has 0 spiro atoms. The van der Waals surface area contributed by atoms with Crippen LogP contribution in [0.5, 0.6) is 0 Å².